The van der Waals surface area contributed by atoms with E-state index in [0.717, 1.165) is 23.2 Å². The second kappa shape index (κ2) is 11.3. The van der Waals surface area contributed by atoms with E-state index in [1.807, 2.05) is 32.0 Å². The number of esters is 1. The van der Waals surface area contributed by atoms with Crippen molar-refractivity contribution in [2.75, 3.05) is 31.2 Å². The molecule has 3 aliphatic rings. The lowest BCUT2D eigenvalue weighted by molar-refractivity contribution is -0.154. The molecule has 1 spiro atoms. The topological polar surface area (TPSA) is 96.4 Å². The van der Waals surface area contributed by atoms with Gasteiger partial charge < -0.3 is 24.4 Å². The lowest BCUT2D eigenvalue weighted by Gasteiger charge is -2.37. The fourth-order valence-corrected chi connectivity index (χ4v) is 7.47. The summed E-state index contributed by atoms with van der Waals surface area (Å²) in [5.74, 6) is -2.47. The van der Waals surface area contributed by atoms with Crippen molar-refractivity contribution in [1.29, 1.82) is 0 Å². The highest BCUT2D eigenvalue weighted by Crippen LogP contribution is 2.60. The van der Waals surface area contributed by atoms with Gasteiger partial charge in [-0.2, -0.15) is 0 Å². The molecule has 1 aromatic rings. The maximum atomic E-state index is 14.6. The number of ether oxygens (including phenoxy) is 2. The van der Waals surface area contributed by atoms with Gasteiger partial charge in [-0.15, -0.1) is 6.58 Å². The van der Waals surface area contributed by atoms with Crippen LogP contribution in [0.15, 0.2) is 30.9 Å². The number of para-hydroxylation sites is 1. The first-order valence-corrected chi connectivity index (χ1v) is 14.0. The zero-order chi connectivity index (χ0) is 26.9. The third kappa shape index (κ3) is 4.63. The van der Waals surface area contributed by atoms with E-state index in [1.165, 1.54) is 0 Å². The molecule has 2 bridgehead atoms. The molecule has 3 fully saturated rings. The zero-order valence-corrected chi connectivity index (χ0v) is 23.4. The van der Waals surface area contributed by atoms with E-state index in [9.17, 15) is 19.5 Å². The fourth-order valence-electron chi connectivity index (χ4n) is 6.53. The lowest BCUT2D eigenvalue weighted by Crippen LogP contribution is -2.57. The molecule has 0 aliphatic carbocycles. The number of nitrogens with zero attached hydrogens (tertiary/aromatic N) is 2. The van der Waals surface area contributed by atoms with Crippen molar-refractivity contribution in [2.45, 2.75) is 69.0 Å². The highest BCUT2D eigenvalue weighted by Gasteiger charge is 2.77. The van der Waals surface area contributed by atoms with Crippen molar-refractivity contribution in [3.05, 3.63) is 42.0 Å². The van der Waals surface area contributed by atoms with Crippen LogP contribution in [-0.2, 0) is 23.9 Å². The Morgan fingerprint density at radius 2 is 2.00 bits per heavy atom. The van der Waals surface area contributed by atoms with Crippen LogP contribution in [0.2, 0.25) is 0 Å². The Balaban J connectivity index is 1.79. The fraction of sp³-hybridized carbons (Fsp3) is 0.607. The maximum absolute atomic E-state index is 14.6. The Bertz CT molecular complexity index is 1040. The number of carbonyl (C=O) groups is 3. The Morgan fingerprint density at radius 3 is 2.62 bits per heavy atom. The third-order valence-corrected chi connectivity index (χ3v) is 8.77. The monoisotopic (exact) mass is 576 g/mol. The molecule has 0 saturated carbocycles. The van der Waals surface area contributed by atoms with Gasteiger partial charge in [0.1, 0.15) is 11.6 Å². The number of aliphatic hydroxyl groups is 1. The number of anilines is 1. The van der Waals surface area contributed by atoms with E-state index in [2.05, 4.69) is 22.5 Å². The van der Waals surface area contributed by atoms with Gasteiger partial charge in [-0.1, -0.05) is 40.2 Å². The van der Waals surface area contributed by atoms with E-state index in [4.69, 9.17) is 9.47 Å². The summed E-state index contributed by atoms with van der Waals surface area (Å²) in [5, 5.41) is 9.22. The van der Waals surface area contributed by atoms with Gasteiger partial charge in [-0.3, -0.25) is 14.4 Å². The summed E-state index contributed by atoms with van der Waals surface area (Å²) in [6, 6.07) is 4.99. The zero-order valence-electron chi connectivity index (χ0n) is 21.8. The number of rotatable bonds is 11. The van der Waals surface area contributed by atoms with E-state index < -0.39 is 35.6 Å². The molecule has 3 saturated heterocycles. The molecule has 1 unspecified atom stereocenters. The predicted molar refractivity (Wildman–Crippen MR) is 143 cm³/mol. The molecule has 0 radical (unpaired) electrons. The van der Waals surface area contributed by atoms with Crippen LogP contribution in [0.1, 0.15) is 43.7 Å². The molecule has 0 aromatic heterocycles. The van der Waals surface area contributed by atoms with E-state index in [1.54, 1.807) is 22.8 Å². The highest BCUT2D eigenvalue weighted by molar-refractivity contribution is 9.09. The van der Waals surface area contributed by atoms with Crippen LogP contribution < -0.4 is 4.90 Å². The summed E-state index contributed by atoms with van der Waals surface area (Å²) in [7, 11) is 0. The first kappa shape index (κ1) is 27.8. The standard InChI is InChI=1S/C28H37BrN2O6/c1-5-13-30(22-17(3)11-10-12-18(22)4)26(34)24-28-16-19(29)23(37-28)20(27(35)36-6-2)21(28)25(33)31(24)14-8-7-9-15-32/h5,10-12,19-21,23-24,32H,1,6-9,13-16H2,2-4H3/t19?,20-,21+,23-,24-,28+/m0/s1. The van der Waals surface area contributed by atoms with Crippen molar-refractivity contribution in [3.63, 3.8) is 0 Å². The van der Waals surface area contributed by atoms with E-state index >= 15 is 0 Å². The smallest absolute Gasteiger partial charge is 0.312 e. The number of aryl methyl sites for hydroxylation is 2. The molecule has 3 heterocycles. The Labute approximate surface area is 227 Å². The van der Waals surface area contributed by atoms with Crippen LogP contribution in [0.3, 0.4) is 0 Å². The average Bonchev–Trinajstić information content (AvgIpc) is 3.44. The van der Waals surface area contributed by atoms with Gasteiger partial charge in [0, 0.05) is 30.2 Å². The second-order valence-corrected chi connectivity index (χ2v) is 11.4. The van der Waals surface area contributed by atoms with Gasteiger partial charge in [0.15, 0.2) is 0 Å². The number of hydrogen-bond acceptors (Lipinski definition) is 6. The SMILES string of the molecule is C=CCN(C(=O)[C@@H]1N(CCCCCO)C(=O)[C@H]2[C@H](C(=O)OCC)[C@H]3O[C@@]12CC3Br)c1c(C)cccc1C. The van der Waals surface area contributed by atoms with Crippen molar-refractivity contribution in [1.82, 2.24) is 4.90 Å². The first-order valence-electron chi connectivity index (χ1n) is 13.1. The molecule has 37 heavy (non-hydrogen) atoms. The molecular weight excluding hydrogens is 540 g/mol. The molecule has 1 aromatic carbocycles. The number of unbranched alkanes of at least 4 members (excludes halogenated alkanes) is 2. The number of aliphatic hydroxyl groups excluding tert-OH is 1. The number of carbonyl (C=O) groups excluding carboxylic acids is 3. The number of benzene rings is 1. The van der Waals surface area contributed by atoms with Crippen LogP contribution >= 0.6 is 15.9 Å². The van der Waals surface area contributed by atoms with Crippen molar-refractivity contribution < 1.29 is 29.0 Å². The van der Waals surface area contributed by atoms with E-state index in [-0.39, 0.29) is 36.4 Å². The second-order valence-electron chi connectivity index (χ2n) is 10.2. The Kier molecular flexibility index (Phi) is 8.45. The highest BCUT2D eigenvalue weighted by atomic mass is 79.9. The van der Waals surface area contributed by atoms with Gasteiger partial charge in [-0.25, -0.2) is 0 Å². The Hall–Kier alpha value is -2.23. The number of fused-ring (bicyclic) bond motifs is 1. The minimum atomic E-state index is -1.13. The van der Waals surface area contributed by atoms with E-state index in [0.29, 0.717) is 25.8 Å². The lowest BCUT2D eigenvalue weighted by atomic mass is 9.70. The third-order valence-electron chi connectivity index (χ3n) is 7.93. The number of alkyl halides is 1. The van der Waals surface area contributed by atoms with Crippen LogP contribution in [0, 0.1) is 25.7 Å². The molecule has 9 heteroatoms. The minimum Gasteiger partial charge on any atom is -0.466 e. The molecule has 8 nitrogen and oxygen atoms in total. The van der Waals surface area contributed by atoms with Crippen LogP contribution in [0.25, 0.3) is 0 Å². The maximum Gasteiger partial charge on any atom is 0.312 e. The normalized spacial score (nSPS) is 29.9. The van der Waals surface area contributed by atoms with Gasteiger partial charge in [0.05, 0.1) is 24.5 Å². The van der Waals surface area contributed by atoms with Gasteiger partial charge >= 0.3 is 5.97 Å². The van der Waals surface area contributed by atoms with Crippen LogP contribution in [-0.4, -0.2) is 76.7 Å². The summed E-state index contributed by atoms with van der Waals surface area (Å²) in [6.45, 7) is 10.4. The van der Waals surface area contributed by atoms with Crippen molar-refractivity contribution in [2.24, 2.45) is 11.8 Å². The quantitative estimate of drug-likeness (QED) is 0.188. The molecular formula is C28H37BrN2O6. The summed E-state index contributed by atoms with van der Waals surface area (Å²) in [4.78, 5) is 44.8. The van der Waals surface area contributed by atoms with Gasteiger partial charge in [-0.05, 0) is 57.6 Å². The summed E-state index contributed by atoms with van der Waals surface area (Å²) < 4.78 is 11.9. The number of halogens is 1. The predicted octanol–water partition coefficient (Wildman–Crippen LogP) is 3.30. The molecule has 6 atom stereocenters. The molecule has 4 rings (SSSR count). The average molecular weight is 578 g/mol. The van der Waals surface area contributed by atoms with Gasteiger partial charge in [0.2, 0.25) is 5.91 Å². The summed E-state index contributed by atoms with van der Waals surface area (Å²) in [5.41, 5.74) is 1.56. The Morgan fingerprint density at radius 1 is 1.30 bits per heavy atom. The summed E-state index contributed by atoms with van der Waals surface area (Å²) >= 11 is 3.68. The molecule has 1 N–H and O–H groups in total. The molecule has 202 valence electrons. The molecule has 3 aliphatic heterocycles. The minimum absolute atomic E-state index is 0.0729. The first-order chi connectivity index (χ1) is 17.7. The van der Waals surface area contributed by atoms with Gasteiger partial charge in [0.25, 0.3) is 5.91 Å². The largest absolute Gasteiger partial charge is 0.466 e. The van der Waals surface area contributed by atoms with Crippen molar-refractivity contribution in [3.8, 4) is 0 Å². The summed E-state index contributed by atoms with van der Waals surface area (Å²) in [6.07, 6.45) is 3.57. The van der Waals surface area contributed by atoms with Crippen LogP contribution in [0.5, 0.6) is 0 Å². The number of amides is 2. The number of likely N-dealkylation sites (tertiary alicyclic amines) is 1. The number of hydrogen-bond donors (Lipinski definition) is 1. The van der Waals surface area contributed by atoms with Crippen LogP contribution in [0.4, 0.5) is 5.69 Å². The molecule has 2 amide bonds. The van der Waals surface area contributed by atoms with Crippen molar-refractivity contribution >= 4 is 39.4 Å².